The summed E-state index contributed by atoms with van der Waals surface area (Å²) in [7, 11) is 0. The molecular weight excluding hydrogens is 345 g/mol. The summed E-state index contributed by atoms with van der Waals surface area (Å²) < 4.78 is 38.4. The summed E-state index contributed by atoms with van der Waals surface area (Å²) in [5, 5.41) is 0. The van der Waals surface area contributed by atoms with Crippen LogP contribution in [0.1, 0.15) is 62.8 Å². The third-order valence-electron chi connectivity index (χ3n) is 5.80. The molecule has 144 valence electrons. The summed E-state index contributed by atoms with van der Waals surface area (Å²) in [6.07, 6.45) is 11.5. The lowest BCUT2D eigenvalue weighted by molar-refractivity contribution is 0.303. The lowest BCUT2D eigenvalue weighted by Gasteiger charge is -2.29. The van der Waals surface area contributed by atoms with E-state index in [9.17, 15) is 13.2 Å². The van der Waals surface area contributed by atoms with Gasteiger partial charge in [-0.1, -0.05) is 49.2 Å². The molecule has 0 heterocycles. The zero-order chi connectivity index (χ0) is 19.1. The Kier molecular flexibility index (Phi) is 7.14. The predicted octanol–water partition coefficient (Wildman–Crippen LogP) is 7.95. The van der Waals surface area contributed by atoms with Crippen molar-refractivity contribution in [3.63, 3.8) is 0 Å². The van der Waals surface area contributed by atoms with Gasteiger partial charge in [0.15, 0.2) is 11.6 Å². The molecule has 1 aliphatic rings. The Hall–Kier alpha value is -2.03. The molecule has 0 amide bonds. The Balaban J connectivity index is 1.50. The van der Waals surface area contributed by atoms with E-state index in [0.29, 0.717) is 17.8 Å². The van der Waals surface area contributed by atoms with Crippen molar-refractivity contribution < 1.29 is 13.2 Å². The lowest BCUT2D eigenvalue weighted by atomic mass is 9.77. The van der Waals surface area contributed by atoms with Gasteiger partial charge in [0.2, 0.25) is 0 Å². The van der Waals surface area contributed by atoms with Gasteiger partial charge in [0.05, 0.1) is 6.33 Å². The minimum Gasteiger partial charge on any atom is -0.216 e. The molecule has 2 aromatic rings. The summed E-state index contributed by atoms with van der Waals surface area (Å²) in [5.74, 6) is -0.228. The van der Waals surface area contributed by atoms with Crippen LogP contribution in [0.5, 0.6) is 0 Å². The number of hydrogen-bond acceptors (Lipinski definition) is 0. The highest BCUT2D eigenvalue weighted by atomic mass is 19.2. The maximum Gasteiger partial charge on any atom is 0.159 e. The normalized spacial score (nSPS) is 20.3. The van der Waals surface area contributed by atoms with E-state index < -0.39 is 11.6 Å². The van der Waals surface area contributed by atoms with Crippen LogP contribution in [0.3, 0.4) is 0 Å². The maximum atomic E-state index is 13.4. The second-order valence-electron chi connectivity index (χ2n) is 7.61. The molecule has 0 unspecified atom stereocenters. The smallest absolute Gasteiger partial charge is 0.159 e. The van der Waals surface area contributed by atoms with Crippen LogP contribution in [0.4, 0.5) is 13.2 Å². The van der Waals surface area contributed by atoms with E-state index in [0.717, 1.165) is 24.3 Å². The van der Waals surface area contributed by atoms with Gasteiger partial charge in [0, 0.05) is 0 Å². The largest absolute Gasteiger partial charge is 0.216 e. The quantitative estimate of drug-likeness (QED) is 0.433. The average molecular weight is 372 g/mol. The van der Waals surface area contributed by atoms with Gasteiger partial charge >= 0.3 is 0 Å². The molecule has 2 aromatic carbocycles. The Morgan fingerprint density at radius 1 is 0.815 bits per heavy atom. The first-order chi connectivity index (χ1) is 13.2. The van der Waals surface area contributed by atoms with E-state index in [1.54, 1.807) is 12.1 Å². The van der Waals surface area contributed by atoms with Gasteiger partial charge < -0.3 is 0 Å². The second kappa shape index (κ2) is 9.77. The van der Waals surface area contributed by atoms with Gasteiger partial charge in [-0.25, -0.2) is 13.2 Å². The van der Waals surface area contributed by atoms with Crippen LogP contribution in [-0.2, 0) is 0 Å². The fraction of sp³-hybridized carbons (Fsp3) is 0.417. The molecule has 1 fully saturated rings. The molecule has 0 radical (unpaired) electrons. The Labute approximate surface area is 160 Å². The highest BCUT2D eigenvalue weighted by Gasteiger charge is 2.22. The standard InChI is InChI=1S/C24H27F3/c25-16-4-2-1-3-5-18-6-8-19(9-7-18)20-10-12-21(13-11-20)22-14-15-23(26)24(27)17-22/h4,10-19H,1-3,5-9H2. The molecule has 1 saturated carbocycles. The van der Waals surface area contributed by atoms with Crippen molar-refractivity contribution in [2.75, 3.05) is 0 Å². The van der Waals surface area contributed by atoms with E-state index >= 15 is 0 Å². The van der Waals surface area contributed by atoms with Crippen molar-refractivity contribution >= 4 is 0 Å². The van der Waals surface area contributed by atoms with E-state index in [1.165, 1.54) is 56.2 Å². The summed E-state index contributed by atoms with van der Waals surface area (Å²) in [6, 6.07) is 12.3. The molecule has 1 aliphatic carbocycles. The highest BCUT2D eigenvalue weighted by Crippen LogP contribution is 2.38. The maximum absolute atomic E-state index is 13.4. The first kappa shape index (κ1) is 19.7. The van der Waals surface area contributed by atoms with Gasteiger partial charge in [0.1, 0.15) is 0 Å². The molecule has 3 rings (SSSR count). The minimum absolute atomic E-state index is 0.592. The first-order valence-electron chi connectivity index (χ1n) is 9.98. The molecule has 3 heteroatoms. The first-order valence-corrected chi connectivity index (χ1v) is 9.98. The van der Waals surface area contributed by atoms with Crippen LogP contribution in [0.25, 0.3) is 11.1 Å². The third-order valence-corrected chi connectivity index (χ3v) is 5.80. The van der Waals surface area contributed by atoms with Gasteiger partial charge in [-0.05, 0) is 79.2 Å². The molecule has 0 atom stereocenters. The molecule has 0 spiro atoms. The lowest BCUT2D eigenvalue weighted by Crippen LogP contribution is -2.13. The number of unbranched alkanes of at least 4 members (excludes halogenated alkanes) is 2. The highest BCUT2D eigenvalue weighted by molar-refractivity contribution is 5.63. The Morgan fingerprint density at radius 2 is 1.52 bits per heavy atom. The van der Waals surface area contributed by atoms with Crippen LogP contribution in [0, 0.1) is 17.6 Å². The van der Waals surface area contributed by atoms with Gasteiger partial charge in [0.25, 0.3) is 0 Å². The van der Waals surface area contributed by atoms with Crippen molar-refractivity contribution in [3.05, 3.63) is 72.1 Å². The molecule has 0 aliphatic heterocycles. The number of rotatable bonds is 7. The molecule has 0 saturated heterocycles. The number of benzene rings is 2. The molecule has 0 aromatic heterocycles. The van der Waals surface area contributed by atoms with Gasteiger partial charge in [-0.2, -0.15) is 0 Å². The van der Waals surface area contributed by atoms with Crippen molar-refractivity contribution in [1.82, 2.24) is 0 Å². The van der Waals surface area contributed by atoms with Crippen LogP contribution < -0.4 is 0 Å². The van der Waals surface area contributed by atoms with E-state index in [4.69, 9.17) is 0 Å². The van der Waals surface area contributed by atoms with E-state index in [-0.39, 0.29) is 0 Å². The molecule has 0 nitrogen and oxygen atoms in total. The summed E-state index contributed by atoms with van der Waals surface area (Å²) in [4.78, 5) is 0. The van der Waals surface area contributed by atoms with Crippen molar-refractivity contribution in [2.24, 2.45) is 5.92 Å². The van der Waals surface area contributed by atoms with Crippen molar-refractivity contribution in [1.29, 1.82) is 0 Å². The zero-order valence-corrected chi connectivity index (χ0v) is 15.6. The SMILES string of the molecule is FC=CCCCCC1CCC(c2ccc(-c3ccc(F)c(F)c3)cc2)CC1. The summed E-state index contributed by atoms with van der Waals surface area (Å²) >= 11 is 0. The van der Waals surface area contributed by atoms with E-state index in [2.05, 4.69) is 12.1 Å². The molecule has 27 heavy (non-hydrogen) atoms. The topological polar surface area (TPSA) is 0 Å². The van der Waals surface area contributed by atoms with Crippen molar-refractivity contribution in [3.8, 4) is 11.1 Å². The second-order valence-corrected chi connectivity index (χ2v) is 7.61. The average Bonchev–Trinajstić information content (AvgIpc) is 2.71. The minimum atomic E-state index is -0.814. The van der Waals surface area contributed by atoms with Crippen LogP contribution in [0.2, 0.25) is 0 Å². The predicted molar refractivity (Wildman–Crippen MR) is 105 cm³/mol. The number of allylic oxidation sites excluding steroid dienone is 1. The number of hydrogen-bond donors (Lipinski definition) is 0. The fourth-order valence-electron chi connectivity index (χ4n) is 4.17. The Bertz CT molecular complexity index is 741. The third kappa shape index (κ3) is 5.47. The van der Waals surface area contributed by atoms with Crippen LogP contribution in [-0.4, -0.2) is 0 Å². The number of halogens is 3. The zero-order valence-electron chi connectivity index (χ0n) is 15.6. The monoisotopic (exact) mass is 372 g/mol. The van der Waals surface area contributed by atoms with Crippen molar-refractivity contribution in [2.45, 2.75) is 57.3 Å². The summed E-state index contributed by atoms with van der Waals surface area (Å²) in [6.45, 7) is 0. The van der Waals surface area contributed by atoms with Gasteiger partial charge in [-0.3, -0.25) is 0 Å². The van der Waals surface area contributed by atoms with E-state index in [1.807, 2.05) is 12.1 Å². The summed E-state index contributed by atoms with van der Waals surface area (Å²) in [5.41, 5.74) is 2.95. The Morgan fingerprint density at radius 3 is 2.19 bits per heavy atom. The van der Waals surface area contributed by atoms with Crippen LogP contribution in [0.15, 0.2) is 54.9 Å². The molecule has 0 bridgehead atoms. The van der Waals surface area contributed by atoms with Crippen LogP contribution >= 0.6 is 0 Å². The van der Waals surface area contributed by atoms with Gasteiger partial charge in [-0.15, -0.1) is 0 Å². The molecular formula is C24H27F3. The molecule has 0 N–H and O–H groups in total. The fourth-order valence-corrected chi connectivity index (χ4v) is 4.17.